The van der Waals surface area contributed by atoms with Crippen LogP contribution in [0.15, 0.2) is 35.3 Å². The van der Waals surface area contributed by atoms with E-state index in [-0.39, 0.29) is 29.5 Å². The second-order valence-electron chi connectivity index (χ2n) is 8.05. The zero-order valence-corrected chi connectivity index (χ0v) is 19.9. The van der Waals surface area contributed by atoms with Gasteiger partial charge in [-0.2, -0.15) is 11.8 Å². The van der Waals surface area contributed by atoms with Gasteiger partial charge in [-0.25, -0.2) is 0 Å². The first-order chi connectivity index (χ1) is 13.3. The quantitative estimate of drug-likeness (QED) is 0.346. The zero-order valence-electron chi connectivity index (χ0n) is 16.8. The summed E-state index contributed by atoms with van der Waals surface area (Å²) in [6, 6.07) is 10.9. The van der Waals surface area contributed by atoms with Gasteiger partial charge in [-0.1, -0.05) is 30.3 Å². The summed E-state index contributed by atoms with van der Waals surface area (Å²) in [7, 11) is 1.88. The number of aliphatic imine (C=N–C) groups is 1. The summed E-state index contributed by atoms with van der Waals surface area (Å²) in [4.78, 5) is 7.14. The molecule has 0 radical (unpaired) electrons. The van der Waals surface area contributed by atoms with E-state index in [2.05, 4.69) is 62.6 Å². The zero-order chi connectivity index (χ0) is 18.6. The molecule has 0 bridgehead atoms. The number of ether oxygens (including phenoxy) is 1. The lowest BCUT2D eigenvalue weighted by Gasteiger charge is -2.43. The van der Waals surface area contributed by atoms with Gasteiger partial charge in [-0.15, -0.1) is 24.0 Å². The molecule has 4 rings (SSSR count). The Labute approximate surface area is 190 Å². The monoisotopic (exact) mass is 516 g/mol. The van der Waals surface area contributed by atoms with E-state index in [1.807, 2.05) is 7.05 Å². The molecule has 2 heterocycles. The molecule has 3 aliphatic rings. The maximum absolute atomic E-state index is 5.57. The van der Waals surface area contributed by atoms with E-state index in [0.29, 0.717) is 5.41 Å². The van der Waals surface area contributed by atoms with Crippen LogP contribution in [0.3, 0.4) is 0 Å². The molecule has 2 saturated heterocycles. The van der Waals surface area contributed by atoms with Crippen LogP contribution in [0.5, 0.6) is 0 Å². The maximum Gasteiger partial charge on any atom is 0.191 e. The highest BCUT2D eigenvalue weighted by atomic mass is 127. The third-order valence-electron chi connectivity index (χ3n) is 6.41. The van der Waals surface area contributed by atoms with Gasteiger partial charge >= 0.3 is 0 Å². The molecule has 5 nitrogen and oxygen atoms in total. The first-order valence-corrected chi connectivity index (χ1v) is 11.3. The van der Waals surface area contributed by atoms with Crippen molar-refractivity contribution in [2.45, 2.75) is 30.2 Å². The van der Waals surface area contributed by atoms with E-state index >= 15 is 0 Å². The largest absolute Gasteiger partial charge is 0.379 e. The topological polar surface area (TPSA) is 48.9 Å². The molecule has 156 valence electrons. The van der Waals surface area contributed by atoms with Crippen LogP contribution >= 0.6 is 35.7 Å². The summed E-state index contributed by atoms with van der Waals surface area (Å²) in [5.41, 5.74) is 1.98. The fourth-order valence-electron chi connectivity index (χ4n) is 4.37. The number of thioether (sulfide) groups is 1. The van der Waals surface area contributed by atoms with Crippen LogP contribution in [-0.4, -0.2) is 74.3 Å². The van der Waals surface area contributed by atoms with Crippen molar-refractivity contribution < 1.29 is 4.74 Å². The minimum Gasteiger partial charge on any atom is -0.379 e. The molecule has 1 atom stereocenters. The Bertz CT molecular complexity index is 641. The molecule has 0 amide bonds. The second kappa shape index (κ2) is 10.00. The fraction of sp³-hybridized carbons (Fsp3) is 0.667. The lowest BCUT2D eigenvalue weighted by atomic mass is 9.95. The molecule has 0 spiro atoms. The SMILES string of the molecule is CN=C(NCC1(c2ccccc2)CC1)NCC1(N2CCOCC2)CCSC1.I. The fourth-order valence-corrected chi connectivity index (χ4v) is 5.84. The number of morpholine rings is 1. The molecular weight excluding hydrogens is 483 g/mol. The van der Waals surface area contributed by atoms with Crippen LogP contribution in [0.25, 0.3) is 0 Å². The van der Waals surface area contributed by atoms with Gasteiger partial charge in [-0.3, -0.25) is 9.89 Å². The molecule has 3 fully saturated rings. The highest BCUT2D eigenvalue weighted by molar-refractivity contribution is 14.0. The predicted molar refractivity (Wildman–Crippen MR) is 129 cm³/mol. The third kappa shape index (κ3) is 4.96. The summed E-state index contributed by atoms with van der Waals surface area (Å²) in [6.07, 6.45) is 3.76. The molecule has 2 N–H and O–H groups in total. The molecular formula is C21H33IN4OS. The summed E-state index contributed by atoms with van der Waals surface area (Å²) < 4.78 is 5.57. The van der Waals surface area contributed by atoms with Crippen LogP contribution in [0, 0.1) is 0 Å². The van der Waals surface area contributed by atoms with Gasteiger partial charge in [0.15, 0.2) is 5.96 Å². The Morgan fingerprint density at radius 2 is 1.82 bits per heavy atom. The Kier molecular flexibility index (Phi) is 7.92. The summed E-state index contributed by atoms with van der Waals surface area (Å²) >= 11 is 2.08. The van der Waals surface area contributed by atoms with Crippen molar-refractivity contribution in [3.05, 3.63) is 35.9 Å². The second-order valence-corrected chi connectivity index (χ2v) is 9.16. The number of hydrogen-bond donors (Lipinski definition) is 2. The lowest BCUT2D eigenvalue weighted by Crippen LogP contribution is -2.60. The first kappa shape index (κ1) is 22.2. The maximum atomic E-state index is 5.57. The van der Waals surface area contributed by atoms with Crippen LogP contribution in [0.1, 0.15) is 24.8 Å². The number of nitrogens with zero attached hydrogens (tertiary/aromatic N) is 2. The van der Waals surface area contributed by atoms with Crippen molar-refractivity contribution in [3.63, 3.8) is 0 Å². The first-order valence-electron chi connectivity index (χ1n) is 10.2. The van der Waals surface area contributed by atoms with Gasteiger partial charge < -0.3 is 15.4 Å². The van der Waals surface area contributed by atoms with E-state index in [9.17, 15) is 0 Å². The van der Waals surface area contributed by atoms with E-state index < -0.39 is 0 Å². The van der Waals surface area contributed by atoms with Crippen molar-refractivity contribution in [1.29, 1.82) is 0 Å². The van der Waals surface area contributed by atoms with Crippen LogP contribution in [0.2, 0.25) is 0 Å². The van der Waals surface area contributed by atoms with Gasteiger partial charge in [0.25, 0.3) is 0 Å². The van der Waals surface area contributed by atoms with Gasteiger partial charge in [-0.05, 0) is 30.6 Å². The summed E-state index contributed by atoms with van der Waals surface area (Å²) in [6.45, 7) is 5.72. The number of hydrogen-bond acceptors (Lipinski definition) is 4. The van der Waals surface area contributed by atoms with Gasteiger partial charge in [0.1, 0.15) is 0 Å². The summed E-state index contributed by atoms with van der Waals surface area (Å²) in [5.74, 6) is 3.38. The minimum atomic E-state index is 0. The van der Waals surface area contributed by atoms with Crippen LogP contribution in [0.4, 0.5) is 0 Å². The number of nitrogens with one attached hydrogen (secondary N) is 2. The van der Waals surface area contributed by atoms with Gasteiger partial charge in [0, 0.05) is 49.9 Å². The molecule has 2 aliphatic heterocycles. The number of rotatable bonds is 6. The van der Waals surface area contributed by atoms with Crippen molar-refractivity contribution in [2.24, 2.45) is 4.99 Å². The van der Waals surface area contributed by atoms with Crippen molar-refractivity contribution in [3.8, 4) is 0 Å². The van der Waals surface area contributed by atoms with E-state index in [0.717, 1.165) is 45.4 Å². The van der Waals surface area contributed by atoms with Gasteiger partial charge in [0.2, 0.25) is 0 Å². The highest BCUT2D eigenvalue weighted by Gasteiger charge is 2.44. The number of benzene rings is 1. The molecule has 28 heavy (non-hydrogen) atoms. The number of halogens is 1. The average Bonchev–Trinajstić information content (AvgIpc) is 3.38. The van der Waals surface area contributed by atoms with Crippen molar-refractivity contribution >= 4 is 41.7 Å². The Balaban J connectivity index is 0.00000225. The summed E-state index contributed by atoms with van der Waals surface area (Å²) in [5, 5.41) is 7.25. The predicted octanol–water partition coefficient (Wildman–Crippen LogP) is 2.71. The molecule has 1 aliphatic carbocycles. The Morgan fingerprint density at radius 1 is 1.11 bits per heavy atom. The smallest absolute Gasteiger partial charge is 0.191 e. The normalized spacial score (nSPS) is 27.1. The van der Waals surface area contributed by atoms with E-state index in [4.69, 9.17) is 4.74 Å². The van der Waals surface area contributed by atoms with E-state index in [1.54, 1.807) is 0 Å². The minimum absolute atomic E-state index is 0. The van der Waals surface area contributed by atoms with Crippen LogP contribution < -0.4 is 10.6 Å². The Morgan fingerprint density at radius 3 is 2.43 bits per heavy atom. The molecule has 0 aromatic heterocycles. The molecule has 7 heteroatoms. The Hall–Kier alpha value is -0.510. The van der Waals surface area contributed by atoms with Crippen LogP contribution in [-0.2, 0) is 10.2 Å². The highest BCUT2D eigenvalue weighted by Crippen LogP contribution is 2.47. The van der Waals surface area contributed by atoms with E-state index in [1.165, 1.54) is 36.3 Å². The van der Waals surface area contributed by atoms with Gasteiger partial charge in [0.05, 0.1) is 13.2 Å². The average molecular weight is 516 g/mol. The van der Waals surface area contributed by atoms with Crippen molar-refractivity contribution in [2.75, 3.05) is 57.9 Å². The molecule has 1 unspecified atom stereocenters. The number of guanidine groups is 1. The third-order valence-corrected chi connectivity index (χ3v) is 7.64. The standard InChI is InChI=1S/C21H32N4OS.HI/c1-22-19(23-15-20(7-8-20)18-5-3-2-4-6-18)24-16-21(9-14-27-17-21)25-10-12-26-13-11-25;/h2-6H,7-17H2,1H3,(H2,22,23,24);1H. The van der Waals surface area contributed by atoms with Crippen molar-refractivity contribution in [1.82, 2.24) is 15.5 Å². The molecule has 1 saturated carbocycles. The molecule has 1 aromatic carbocycles. The molecule has 1 aromatic rings. The lowest BCUT2D eigenvalue weighted by molar-refractivity contribution is -0.0120.